The number of amides is 1. The van der Waals surface area contributed by atoms with Gasteiger partial charge >= 0.3 is 0 Å². The van der Waals surface area contributed by atoms with Crippen LogP contribution in [-0.4, -0.2) is 15.3 Å². The van der Waals surface area contributed by atoms with E-state index < -0.39 is 0 Å². The summed E-state index contributed by atoms with van der Waals surface area (Å²) in [7, 11) is 0. The lowest BCUT2D eigenvalue weighted by Gasteiger charge is -2.11. The lowest BCUT2D eigenvalue weighted by atomic mass is 10.0. The summed E-state index contributed by atoms with van der Waals surface area (Å²) in [5.74, 6) is 0.346. The van der Waals surface area contributed by atoms with Gasteiger partial charge in [0.15, 0.2) is 4.96 Å². The number of nitrogens with zero attached hydrogens (tertiary/aromatic N) is 2. The number of carbonyl (C=O) groups excluding carboxylic acids is 1. The third-order valence-electron chi connectivity index (χ3n) is 5.43. The van der Waals surface area contributed by atoms with E-state index in [0.29, 0.717) is 16.3 Å². The first-order valence-electron chi connectivity index (χ1n) is 10.4. The molecule has 0 radical (unpaired) electrons. The zero-order chi connectivity index (χ0) is 22.1. The van der Waals surface area contributed by atoms with Gasteiger partial charge in [0.25, 0.3) is 11.5 Å². The fourth-order valence-electron chi connectivity index (χ4n) is 3.86. The van der Waals surface area contributed by atoms with Crippen LogP contribution in [0.2, 0.25) is 5.02 Å². The van der Waals surface area contributed by atoms with Crippen molar-refractivity contribution in [3.63, 3.8) is 0 Å². The second-order valence-corrected chi connectivity index (χ2v) is 10.1. The number of thiazole rings is 1. The van der Waals surface area contributed by atoms with Crippen LogP contribution in [0.5, 0.6) is 0 Å². The highest BCUT2D eigenvalue weighted by atomic mass is 35.5. The Morgan fingerprint density at radius 3 is 2.75 bits per heavy atom. The van der Waals surface area contributed by atoms with Gasteiger partial charge < -0.3 is 5.32 Å². The number of thioether (sulfide) groups is 1. The Balaban J connectivity index is 1.35. The Morgan fingerprint density at radius 2 is 1.91 bits per heavy atom. The van der Waals surface area contributed by atoms with E-state index in [1.165, 1.54) is 11.3 Å². The van der Waals surface area contributed by atoms with Gasteiger partial charge in [0, 0.05) is 37.9 Å². The molecule has 0 saturated carbocycles. The molecule has 0 atom stereocenters. The smallest absolute Gasteiger partial charge is 0.259 e. The van der Waals surface area contributed by atoms with Crippen LogP contribution in [0.3, 0.4) is 0 Å². The van der Waals surface area contributed by atoms with Gasteiger partial charge in [-0.25, -0.2) is 4.98 Å². The number of carbonyl (C=O) groups is 1. The van der Waals surface area contributed by atoms with Crippen LogP contribution in [0.1, 0.15) is 39.5 Å². The van der Waals surface area contributed by atoms with Gasteiger partial charge in [0.2, 0.25) is 0 Å². The van der Waals surface area contributed by atoms with E-state index >= 15 is 0 Å². The van der Waals surface area contributed by atoms with Crippen molar-refractivity contribution in [2.45, 2.75) is 36.3 Å². The molecule has 0 bridgehead atoms. The van der Waals surface area contributed by atoms with Crippen molar-refractivity contribution < 1.29 is 4.79 Å². The molecule has 1 amide bonds. The topological polar surface area (TPSA) is 63.5 Å². The standard InChI is InChI=1S/C24H20ClN3O2S2/c25-16-11-9-15(10-12-16)23(30)27-18-5-1-3-7-20(18)31-14-17-13-22(29)28-19-6-2-4-8-21(19)32-24(28)26-17/h1,3,5,7,9-13H,2,4,6,8,14H2,(H,27,30). The van der Waals surface area contributed by atoms with Gasteiger partial charge in [0.1, 0.15) is 0 Å². The SMILES string of the molecule is O=C(Nc1ccccc1SCc1cc(=O)n2c3c(sc2n1)CCCC3)c1ccc(Cl)cc1. The minimum absolute atomic E-state index is 0.00525. The molecular formula is C24H20ClN3O2S2. The van der Waals surface area contributed by atoms with Gasteiger partial charge in [-0.1, -0.05) is 23.7 Å². The number of para-hydroxylation sites is 1. The Morgan fingerprint density at radius 1 is 1.12 bits per heavy atom. The van der Waals surface area contributed by atoms with Crippen LogP contribution in [0.15, 0.2) is 64.3 Å². The molecule has 1 aliphatic carbocycles. The molecule has 2 aromatic heterocycles. The molecule has 1 N–H and O–H groups in total. The number of benzene rings is 2. The number of hydrogen-bond donors (Lipinski definition) is 1. The molecule has 0 unspecified atom stereocenters. The molecule has 5 nitrogen and oxygen atoms in total. The van der Waals surface area contributed by atoms with Crippen molar-refractivity contribution >= 4 is 51.3 Å². The fourth-order valence-corrected chi connectivity index (χ4v) is 6.12. The van der Waals surface area contributed by atoms with Crippen LogP contribution >= 0.6 is 34.7 Å². The van der Waals surface area contributed by atoms with Crippen molar-refractivity contribution in [1.29, 1.82) is 0 Å². The maximum Gasteiger partial charge on any atom is 0.259 e. The zero-order valence-corrected chi connectivity index (χ0v) is 19.5. The molecule has 0 aliphatic heterocycles. The Labute approximate surface area is 198 Å². The molecule has 0 saturated heterocycles. The third-order valence-corrected chi connectivity index (χ3v) is 7.93. The number of fused-ring (bicyclic) bond motifs is 3. The van der Waals surface area contributed by atoms with Crippen molar-refractivity contribution in [2.75, 3.05) is 5.32 Å². The molecule has 1 aliphatic rings. The van der Waals surface area contributed by atoms with Crippen LogP contribution in [0.4, 0.5) is 5.69 Å². The van der Waals surface area contributed by atoms with Crippen molar-refractivity contribution in [3.8, 4) is 0 Å². The first kappa shape index (κ1) is 21.2. The van der Waals surface area contributed by atoms with Gasteiger partial charge in [-0.15, -0.1) is 23.1 Å². The predicted octanol–water partition coefficient (Wildman–Crippen LogP) is 5.83. The van der Waals surface area contributed by atoms with E-state index in [1.54, 1.807) is 57.8 Å². The first-order valence-corrected chi connectivity index (χ1v) is 12.6. The predicted molar refractivity (Wildman–Crippen MR) is 131 cm³/mol. The summed E-state index contributed by atoms with van der Waals surface area (Å²) in [6.07, 6.45) is 4.29. The van der Waals surface area contributed by atoms with E-state index in [1.807, 2.05) is 24.3 Å². The van der Waals surface area contributed by atoms with Gasteiger partial charge in [0.05, 0.1) is 11.4 Å². The molecule has 5 rings (SSSR count). The highest BCUT2D eigenvalue weighted by molar-refractivity contribution is 7.98. The summed E-state index contributed by atoms with van der Waals surface area (Å²) >= 11 is 9.10. The Hall–Kier alpha value is -2.61. The minimum Gasteiger partial charge on any atom is -0.321 e. The van der Waals surface area contributed by atoms with Crippen molar-refractivity contribution in [3.05, 3.63) is 91.8 Å². The summed E-state index contributed by atoms with van der Waals surface area (Å²) in [5, 5.41) is 3.56. The lowest BCUT2D eigenvalue weighted by molar-refractivity contribution is 0.102. The number of rotatable bonds is 5. The number of aryl methyl sites for hydroxylation is 2. The minimum atomic E-state index is -0.198. The maximum absolute atomic E-state index is 12.8. The summed E-state index contributed by atoms with van der Waals surface area (Å²) < 4.78 is 1.79. The highest BCUT2D eigenvalue weighted by Crippen LogP contribution is 2.31. The third kappa shape index (κ3) is 4.33. The zero-order valence-electron chi connectivity index (χ0n) is 17.1. The summed E-state index contributed by atoms with van der Waals surface area (Å²) in [6, 6.07) is 16.1. The molecule has 0 fully saturated rings. The summed E-state index contributed by atoms with van der Waals surface area (Å²) in [6.45, 7) is 0. The quantitative estimate of drug-likeness (QED) is 0.364. The molecule has 162 valence electrons. The lowest BCUT2D eigenvalue weighted by Crippen LogP contribution is -2.17. The monoisotopic (exact) mass is 481 g/mol. The molecule has 2 heterocycles. The normalized spacial score (nSPS) is 13.2. The van der Waals surface area contributed by atoms with Crippen molar-refractivity contribution in [2.24, 2.45) is 0 Å². The largest absolute Gasteiger partial charge is 0.321 e. The second-order valence-electron chi connectivity index (χ2n) is 7.63. The average Bonchev–Trinajstić information content (AvgIpc) is 3.18. The fraction of sp³-hybridized carbons (Fsp3) is 0.208. The average molecular weight is 482 g/mol. The van der Waals surface area contributed by atoms with E-state index in [2.05, 4.69) is 5.32 Å². The molecule has 0 spiro atoms. The second kappa shape index (κ2) is 9.10. The summed E-state index contributed by atoms with van der Waals surface area (Å²) in [4.78, 5) is 33.2. The van der Waals surface area contributed by atoms with E-state index in [-0.39, 0.29) is 11.5 Å². The number of aromatic nitrogens is 2. The van der Waals surface area contributed by atoms with Gasteiger partial charge in [-0.2, -0.15) is 0 Å². The van der Waals surface area contributed by atoms with E-state index in [4.69, 9.17) is 16.6 Å². The summed E-state index contributed by atoms with van der Waals surface area (Å²) in [5.41, 5.74) is 3.15. The van der Waals surface area contributed by atoms with Crippen LogP contribution < -0.4 is 10.9 Å². The van der Waals surface area contributed by atoms with E-state index in [0.717, 1.165) is 46.2 Å². The molecular weight excluding hydrogens is 462 g/mol. The number of nitrogens with one attached hydrogen (secondary N) is 1. The molecule has 4 aromatic rings. The first-order chi connectivity index (χ1) is 15.6. The highest BCUT2D eigenvalue weighted by Gasteiger charge is 2.18. The Kier molecular flexibility index (Phi) is 6.04. The van der Waals surface area contributed by atoms with Crippen LogP contribution in [0.25, 0.3) is 4.96 Å². The number of anilines is 1. The maximum atomic E-state index is 12.8. The molecule has 2 aromatic carbocycles. The molecule has 32 heavy (non-hydrogen) atoms. The van der Waals surface area contributed by atoms with Gasteiger partial charge in [-0.3, -0.25) is 14.0 Å². The Bertz CT molecular complexity index is 1360. The van der Waals surface area contributed by atoms with Crippen molar-refractivity contribution in [1.82, 2.24) is 9.38 Å². The number of hydrogen-bond acceptors (Lipinski definition) is 5. The van der Waals surface area contributed by atoms with Gasteiger partial charge in [-0.05, 0) is 62.1 Å². The van der Waals surface area contributed by atoms with E-state index in [9.17, 15) is 9.59 Å². The number of halogens is 1. The molecule has 8 heteroatoms. The van der Waals surface area contributed by atoms with Crippen LogP contribution in [0, 0.1) is 0 Å². The van der Waals surface area contributed by atoms with Crippen LogP contribution in [-0.2, 0) is 18.6 Å².